The Morgan fingerprint density at radius 3 is 0.694 bits per heavy atom. The van der Waals surface area contributed by atoms with Gasteiger partial charge in [-0.25, -0.2) is 0 Å². The third kappa shape index (κ3) is 14.9. The van der Waals surface area contributed by atoms with Crippen LogP contribution in [0.25, 0.3) is 0 Å². The van der Waals surface area contributed by atoms with Crippen LogP contribution in [0.3, 0.4) is 0 Å². The summed E-state index contributed by atoms with van der Waals surface area (Å²) in [4.78, 5) is 0. The van der Waals surface area contributed by atoms with Crippen LogP contribution in [0.1, 0.15) is 20.3 Å². The molecule has 21 aliphatic heterocycles. The van der Waals surface area contributed by atoms with Crippen molar-refractivity contribution in [2.45, 2.75) is 235 Å². The molecule has 0 aromatic rings. The molecule has 0 amide bonds. The second kappa shape index (κ2) is 30.8. The Morgan fingerprint density at radius 1 is 0.259 bits per heavy atom. The van der Waals surface area contributed by atoms with Gasteiger partial charge in [-0.3, -0.25) is 0 Å². The number of hydrogen-bond donors (Lipinski definition) is 20. The molecule has 20 N–H and O–H groups in total. The summed E-state index contributed by atoms with van der Waals surface area (Å²) in [6.45, 7) is -3.37. The maximum Gasteiger partial charge on any atom is 0.187 e. The molecule has 21 saturated heterocycles. The van der Waals surface area contributed by atoms with E-state index >= 15 is 0 Å². The second-order valence-electron chi connectivity index (χ2n) is 22.3. The van der Waals surface area contributed by atoms with E-state index in [1.165, 1.54) is 0 Å². The molecule has 14 bridgehead atoms. The number of ether oxygens (including phenoxy) is 16. The van der Waals surface area contributed by atoms with Crippen molar-refractivity contribution in [3.05, 3.63) is 0 Å². The summed E-state index contributed by atoms with van der Waals surface area (Å²) >= 11 is 0. The first-order valence-electron chi connectivity index (χ1n) is 28.0. The van der Waals surface area contributed by atoms with E-state index in [1.54, 1.807) is 0 Å². The van der Waals surface area contributed by atoms with Gasteiger partial charge in [-0.2, -0.15) is 0 Å². The first-order valence-corrected chi connectivity index (χ1v) is 28.0. The molecule has 0 radical (unpaired) electrons. The van der Waals surface area contributed by atoms with Crippen LogP contribution in [-0.2, 0) is 75.8 Å². The number of hydrogen-bond acceptors (Lipinski definition) is 36. The van der Waals surface area contributed by atoms with Crippen molar-refractivity contribution in [2.75, 3.05) is 66.1 Å². The number of aliphatic hydroxyl groups excluding tert-OH is 20. The van der Waals surface area contributed by atoms with E-state index in [0.29, 0.717) is 13.0 Å². The zero-order chi connectivity index (χ0) is 61.9. The molecule has 36 heteroatoms. The van der Waals surface area contributed by atoms with Crippen LogP contribution in [0.5, 0.6) is 0 Å². The van der Waals surface area contributed by atoms with Crippen LogP contribution in [0.4, 0.5) is 0 Å². The van der Waals surface area contributed by atoms with E-state index in [2.05, 4.69) is 0 Å². The highest BCUT2D eigenvalue weighted by Gasteiger charge is 2.60. The summed E-state index contributed by atoms with van der Waals surface area (Å²) in [6, 6.07) is 0. The molecular weight excluding hydrogens is 1160 g/mol. The van der Waals surface area contributed by atoms with Gasteiger partial charge in [-0.15, -0.1) is 0 Å². The monoisotopic (exact) mass is 1250 g/mol. The molecule has 0 saturated carbocycles. The third-order valence-corrected chi connectivity index (χ3v) is 16.1. The third-order valence-electron chi connectivity index (χ3n) is 16.1. The highest BCUT2D eigenvalue weighted by Crippen LogP contribution is 2.39. The molecule has 496 valence electrons. The highest BCUT2D eigenvalue weighted by molar-refractivity contribution is 5.02. The van der Waals surface area contributed by atoms with Crippen molar-refractivity contribution >= 4 is 0 Å². The van der Waals surface area contributed by atoms with Gasteiger partial charge in [0.15, 0.2) is 44.0 Å². The summed E-state index contributed by atoms with van der Waals surface area (Å²) in [5.41, 5.74) is 0. The lowest BCUT2D eigenvalue weighted by Gasteiger charge is -2.50. The summed E-state index contributed by atoms with van der Waals surface area (Å²) in [5, 5.41) is 223. The topological polar surface area (TPSA) is 552 Å². The van der Waals surface area contributed by atoms with E-state index in [1.807, 2.05) is 13.8 Å². The number of rotatable bonds is 14. The Bertz CT molecular complexity index is 1980. The molecule has 36 nitrogen and oxygen atoms in total. The molecule has 21 fully saturated rings. The van der Waals surface area contributed by atoms with E-state index in [-0.39, 0.29) is 19.1 Å². The van der Waals surface area contributed by atoms with Crippen molar-refractivity contribution in [1.82, 2.24) is 0 Å². The van der Waals surface area contributed by atoms with Gasteiger partial charge in [0.25, 0.3) is 0 Å². The molecule has 0 aromatic heterocycles. The molecule has 21 rings (SSSR count). The summed E-state index contributed by atoms with van der Waals surface area (Å²) < 4.78 is 93.1. The van der Waals surface area contributed by atoms with Gasteiger partial charge in [0.1, 0.15) is 171 Å². The molecule has 35 atom stereocenters. The predicted octanol–water partition coefficient (Wildman–Crippen LogP) is -13.1. The molecule has 35 unspecified atom stereocenters. The lowest BCUT2D eigenvalue weighted by molar-refractivity contribution is -0.398. The quantitative estimate of drug-likeness (QED) is 0.0718. The van der Waals surface area contributed by atoms with Crippen molar-refractivity contribution in [2.24, 2.45) is 5.92 Å². The Balaban J connectivity index is 1.10. The van der Waals surface area contributed by atoms with Crippen LogP contribution >= 0.6 is 0 Å². The molecule has 85 heavy (non-hydrogen) atoms. The normalized spacial score (nSPS) is 51.4. The molecule has 21 heterocycles. The van der Waals surface area contributed by atoms with E-state index in [0.717, 1.165) is 0 Å². The second-order valence-corrected chi connectivity index (χ2v) is 22.3. The lowest BCUT2D eigenvalue weighted by atomic mass is 9.95. The van der Waals surface area contributed by atoms with Crippen LogP contribution in [0, 0.1) is 5.92 Å². The van der Waals surface area contributed by atoms with E-state index in [4.69, 9.17) is 75.8 Å². The first kappa shape index (κ1) is 69.4. The maximum atomic E-state index is 12.1. The molecular formula is C49H84O36. The fourth-order valence-electron chi connectivity index (χ4n) is 11.2. The Hall–Kier alpha value is -1.44. The van der Waals surface area contributed by atoms with Gasteiger partial charge < -0.3 is 178 Å². The summed E-state index contributed by atoms with van der Waals surface area (Å²) in [6.07, 6.45) is -68.4. The minimum absolute atomic E-state index is 0.0803. The fourth-order valence-corrected chi connectivity index (χ4v) is 11.2. The average molecular weight is 1250 g/mol. The van der Waals surface area contributed by atoms with Crippen LogP contribution in [0.15, 0.2) is 0 Å². The van der Waals surface area contributed by atoms with Crippen molar-refractivity contribution in [3.8, 4) is 0 Å². The molecule has 0 aromatic carbocycles. The van der Waals surface area contributed by atoms with Gasteiger partial charge in [0.2, 0.25) is 0 Å². The zero-order valence-corrected chi connectivity index (χ0v) is 46.0. The molecule has 0 spiro atoms. The Labute approximate surface area is 484 Å². The van der Waals surface area contributed by atoms with E-state index in [9.17, 15) is 102 Å². The van der Waals surface area contributed by atoms with Crippen LogP contribution in [0.2, 0.25) is 0 Å². The number of aliphatic hydroxyl groups is 20. The highest BCUT2D eigenvalue weighted by atomic mass is 16.8. The lowest BCUT2D eigenvalue weighted by Crippen LogP contribution is -2.68. The molecule has 21 aliphatic rings. The van der Waals surface area contributed by atoms with Crippen LogP contribution in [-0.4, -0.2) is 383 Å². The summed E-state index contributed by atoms with van der Waals surface area (Å²) in [5.74, 6) is 0.269. The smallest absolute Gasteiger partial charge is 0.187 e. The van der Waals surface area contributed by atoms with Gasteiger partial charge in [0, 0.05) is 6.61 Å². The van der Waals surface area contributed by atoms with Gasteiger partial charge in [-0.1, -0.05) is 13.8 Å². The SMILES string of the molecule is CC(C)CCOCCOC1C2OC(CO)C(OC3OC(CO)C(OC4OC(CO)C(OC5OC(CO)C(OC6OC(CO)C(OC7OC(CO)C(OC8OC(CO)C(O2)C(O)C8O)C(O)C7O)C(O)C6O)C(O)C5O)C(O)C4O)C(O)C3O)C1O. The maximum absolute atomic E-state index is 12.1. The average Bonchev–Trinajstić information content (AvgIpc) is 3.69. The standard InChI is InChI=1S/C49H84O36/c1-14(2)3-4-70-5-6-71-42-34(69)41-21(13-56)78-49(42)85-40-20(12-55)77-47(33(68)27(40)62)83-38-18(10-53)75-45(31(66)25(38)60)81-36-16(8-51)73-43(29(64)23(36)58)79-35-15(7-50)72-44(28(63)22(35)57)80-37-17(9-52)74-46(30(65)24(37)59)82-39-19(11-54)76-48(84-41)32(67)26(39)61/h14-69H,3-13H2,1-2H3. The van der Waals surface area contributed by atoms with Gasteiger partial charge >= 0.3 is 0 Å². The Kier molecular flexibility index (Phi) is 25.2. The summed E-state index contributed by atoms with van der Waals surface area (Å²) in [7, 11) is 0. The van der Waals surface area contributed by atoms with Gasteiger partial charge in [-0.05, 0) is 12.3 Å². The van der Waals surface area contributed by atoms with Crippen LogP contribution < -0.4 is 0 Å². The Morgan fingerprint density at radius 2 is 0.471 bits per heavy atom. The zero-order valence-electron chi connectivity index (χ0n) is 46.0. The van der Waals surface area contributed by atoms with Crippen molar-refractivity contribution < 1.29 is 178 Å². The predicted molar refractivity (Wildman–Crippen MR) is 262 cm³/mol. The van der Waals surface area contributed by atoms with Crippen molar-refractivity contribution in [3.63, 3.8) is 0 Å². The fraction of sp³-hybridized carbons (Fsp3) is 1.00. The van der Waals surface area contributed by atoms with E-state index < -0.39 is 261 Å². The first-order chi connectivity index (χ1) is 40.5. The largest absolute Gasteiger partial charge is 0.394 e. The molecule has 0 aliphatic carbocycles. The van der Waals surface area contributed by atoms with Gasteiger partial charge in [0.05, 0.1) is 59.5 Å². The minimum Gasteiger partial charge on any atom is -0.394 e. The minimum atomic E-state index is -2.21. The van der Waals surface area contributed by atoms with Crippen molar-refractivity contribution in [1.29, 1.82) is 0 Å².